The van der Waals surface area contributed by atoms with E-state index in [0.717, 1.165) is 4.90 Å². The van der Waals surface area contributed by atoms with Crippen molar-refractivity contribution < 1.29 is 14.7 Å². The van der Waals surface area contributed by atoms with E-state index in [1.165, 1.54) is 7.05 Å². The molecule has 0 aliphatic rings. The molecule has 1 atom stereocenters. The van der Waals surface area contributed by atoms with Crippen molar-refractivity contribution >= 4 is 23.4 Å². The van der Waals surface area contributed by atoms with Crippen molar-refractivity contribution in [2.75, 3.05) is 18.1 Å². The van der Waals surface area contributed by atoms with E-state index in [1.54, 1.807) is 31.2 Å². The number of carbonyl (C=O) groups is 2. The smallest absolute Gasteiger partial charge is 0.326 e. The molecule has 0 saturated carbocycles. The van der Waals surface area contributed by atoms with E-state index in [0.29, 0.717) is 17.8 Å². The lowest BCUT2D eigenvalue weighted by Crippen LogP contribution is -2.44. The predicted molar refractivity (Wildman–Crippen MR) is 69.4 cm³/mol. The Kier molecular flexibility index (Phi) is 4.53. The van der Waals surface area contributed by atoms with Gasteiger partial charge in [-0.2, -0.15) is 0 Å². The lowest BCUT2D eigenvalue weighted by Gasteiger charge is -2.24. The zero-order valence-electron chi connectivity index (χ0n) is 10.4. The summed E-state index contributed by atoms with van der Waals surface area (Å²) in [7, 11) is 1.44. The van der Waals surface area contributed by atoms with E-state index in [1.807, 2.05) is 0 Å². The van der Waals surface area contributed by atoms with Crippen LogP contribution >= 0.6 is 0 Å². The Morgan fingerprint density at radius 1 is 1.44 bits per heavy atom. The number of nitrogens with zero attached hydrogens (tertiary/aromatic N) is 1. The zero-order valence-corrected chi connectivity index (χ0v) is 10.4. The number of carboxylic acids is 1. The quantitative estimate of drug-likeness (QED) is 0.708. The topological polar surface area (TPSA) is 95.7 Å². The summed E-state index contributed by atoms with van der Waals surface area (Å²) in [6.07, 6.45) is 0.337. The first-order valence-electron chi connectivity index (χ1n) is 5.58. The second-order valence-corrected chi connectivity index (χ2v) is 3.89. The Balaban J connectivity index is 2.77. The lowest BCUT2D eigenvalue weighted by atomic mass is 10.2. The van der Waals surface area contributed by atoms with Crippen LogP contribution < -0.4 is 11.1 Å². The van der Waals surface area contributed by atoms with Gasteiger partial charge in [0.15, 0.2) is 0 Å². The summed E-state index contributed by atoms with van der Waals surface area (Å²) in [4.78, 5) is 24.0. The van der Waals surface area contributed by atoms with Crippen LogP contribution in [0.4, 0.5) is 16.2 Å². The number of anilines is 2. The molecule has 1 rings (SSSR count). The average Bonchev–Trinajstić information content (AvgIpc) is 2.32. The number of carboxylic acid groups (broad SMARTS) is 1. The molecule has 1 unspecified atom stereocenters. The van der Waals surface area contributed by atoms with Crippen molar-refractivity contribution in [3.05, 3.63) is 24.3 Å². The van der Waals surface area contributed by atoms with Gasteiger partial charge in [0.05, 0.1) is 11.4 Å². The van der Waals surface area contributed by atoms with Crippen LogP contribution in [-0.2, 0) is 4.79 Å². The minimum Gasteiger partial charge on any atom is -0.480 e. The molecule has 1 aromatic rings. The Hall–Kier alpha value is -2.24. The third kappa shape index (κ3) is 3.13. The fourth-order valence-corrected chi connectivity index (χ4v) is 1.57. The molecular weight excluding hydrogens is 234 g/mol. The van der Waals surface area contributed by atoms with Crippen LogP contribution in [0.25, 0.3) is 0 Å². The first-order chi connectivity index (χ1) is 8.47. The predicted octanol–water partition coefficient (Wildman–Crippen LogP) is 1.60. The number of carbonyl (C=O) groups excluding carboxylic acids is 1. The summed E-state index contributed by atoms with van der Waals surface area (Å²) in [6, 6.07) is 5.45. The van der Waals surface area contributed by atoms with Crippen LogP contribution in [0.2, 0.25) is 0 Å². The summed E-state index contributed by atoms with van der Waals surface area (Å²) < 4.78 is 0. The normalized spacial score (nSPS) is 11.7. The third-order valence-corrected chi connectivity index (χ3v) is 2.66. The molecule has 0 aromatic heterocycles. The van der Waals surface area contributed by atoms with Gasteiger partial charge in [0.1, 0.15) is 6.04 Å². The van der Waals surface area contributed by atoms with Crippen LogP contribution in [0.5, 0.6) is 0 Å². The van der Waals surface area contributed by atoms with Crippen molar-refractivity contribution in [1.29, 1.82) is 0 Å². The van der Waals surface area contributed by atoms with Gasteiger partial charge < -0.3 is 21.1 Å². The van der Waals surface area contributed by atoms with Crippen molar-refractivity contribution in [3.8, 4) is 0 Å². The van der Waals surface area contributed by atoms with Crippen LogP contribution in [-0.4, -0.2) is 35.1 Å². The molecule has 0 saturated heterocycles. The van der Waals surface area contributed by atoms with Gasteiger partial charge in [-0.15, -0.1) is 0 Å². The number of nitrogens with one attached hydrogen (secondary N) is 1. The molecule has 6 nitrogen and oxygen atoms in total. The molecule has 0 heterocycles. The van der Waals surface area contributed by atoms with Crippen molar-refractivity contribution in [2.24, 2.45) is 0 Å². The van der Waals surface area contributed by atoms with E-state index in [4.69, 9.17) is 10.8 Å². The van der Waals surface area contributed by atoms with Crippen molar-refractivity contribution in [3.63, 3.8) is 0 Å². The molecule has 1 aromatic carbocycles. The molecule has 6 heteroatoms. The summed E-state index contributed by atoms with van der Waals surface area (Å²) in [5.74, 6) is -1.03. The maximum absolute atomic E-state index is 11.9. The van der Waals surface area contributed by atoms with E-state index in [2.05, 4.69) is 5.32 Å². The second-order valence-electron chi connectivity index (χ2n) is 3.89. The fourth-order valence-electron chi connectivity index (χ4n) is 1.57. The molecule has 0 aliphatic heterocycles. The number of nitrogen functional groups attached to an aromatic ring is 1. The number of hydrogen-bond acceptors (Lipinski definition) is 3. The van der Waals surface area contributed by atoms with Crippen LogP contribution in [0.3, 0.4) is 0 Å². The highest BCUT2D eigenvalue weighted by atomic mass is 16.4. The van der Waals surface area contributed by atoms with Crippen molar-refractivity contribution in [1.82, 2.24) is 4.90 Å². The largest absolute Gasteiger partial charge is 0.480 e. The van der Waals surface area contributed by atoms with Gasteiger partial charge in [-0.3, -0.25) is 0 Å². The highest BCUT2D eigenvalue weighted by molar-refractivity contribution is 5.94. The second kappa shape index (κ2) is 5.90. The highest BCUT2D eigenvalue weighted by Gasteiger charge is 2.24. The molecule has 0 bridgehead atoms. The molecule has 2 amide bonds. The summed E-state index contributed by atoms with van der Waals surface area (Å²) in [6.45, 7) is 1.71. The summed E-state index contributed by atoms with van der Waals surface area (Å²) in [5.41, 5.74) is 6.59. The molecule has 4 N–H and O–H groups in total. The number of para-hydroxylation sites is 2. The highest BCUT2D eigenvalue weighted by Crippen LogP contribution is 2.17. The van der Waals surface area contributed by atoms with Gasteiger partial charge in [0.2, 0.25) is 0 Å². The van der Waals surface area contributed by atoms with Gasteiger partial charge in [0.25, 0.3) is 0 Å². The van der Waals surface area contributed by atoms with Crippen LogP contribution in [0.1, 0.15) is 13.3 Å². The number of urea groups is 1. The first kappa shape index (κ1) is 13.8. The number of likely N-dealkylation sites (N-methyl/N-ethyl adjacent to an activating group) is 1. The van der Waals surface area contributed by atoms with E-state index >= 15 is 0 Å². The average molecular weight is 251 g/mol. The van der Waals surface area contributed by atoms with Gasteiger partial charge in [0, 0.05) is 7.05 Å². The summed E-state index contributed by atoms with van der Waals surface area (Å²) >= 11 is 0. The molecule has 0 aliphatic carbocycles. The molecule has 98 valence electrons. The minimum atomic E-state index is -1.03. The SMILES string of the molecule is CCC(C(=O)O)N(C)C(=O)Nc1ccccc1N. The monoisotopic (exact) mass is 251 g/mol. The molecule has 0 fully saturated rings. The van der Waals surface area contributed by atoms with Crippen LogP contribution in [0, 0.1) is 0 Å². The van der Waals surface area contributed by atoms with Gasteiger partial charge in [-0.05, 0) is 18.6 Å². The number of amides is 2. The number of aliphatic carboxylic acids is 1. The number of hydrogen-bond donors (Lipinski definition) is 3. The standard InChI is InChI=1S/C12H17N3O3/c1-3-10(11(16)17)15(2)12(18)14-9-7-5-4-6-8(9)13/h4-7,10H,3,13H2,1-2H3,(H,14,18)(H,16,17). The third-order valence-electron chi connectivity index (χ3n) is 2.66. The Bertz CT molecular complexity index is 448. The maximum atomic E-state index is 11.9. The number of nitrogens with two attached hydrogens (primary N) is 1. The molecule has 18 heavy (non-hydrogen) atoms. The van der Waals surface area contributed by atoms with E-state index in [9.17, 15) is 9.59 Å². The fraction of sp³-hybridized carbons (Fsp3) is 0.333. The van der Waals surface area contributed by atoms with E-state index < -0.39 is 18.0 Å². The Labute approximate surface area is 105 Å². The summed E-state index contributed by atoms with van der Waals surface area (Å²) in [5, 5.41) is 11.5. The maximum Gasteiger partial charge on any atom is 0.326 e. The molecule has 0 radical (unpaired) electrons. The number of benzene rings is 1. The first-order valence-corrected chi connectivity index (χ1v) is 5.58. The number of rotatable bonds is 4. The van der Waals surface area contributed by atoms with Gasteiger partial charge in [-0.1, -0.05) is 19.1 Å². The van der Waals surface area contributed by atoms with Gasteiger partial charge in [-0.25, -0.2) is 9.59 Å². The molecule has 0 spiro atoms. The lowest BCUT2D eigenvalue weighted by molar-refractivity contribution is -0.141. The zero-order chi connectivity index (χ0) is 13.7. The van der Waals surface area contributed by atoms with Crippen LogP contribution in [0.15, 0.2) is 24.3 Å². The minimum absolute atomic E-state index is 0.337. The Morgan fingerprint density at radius 3 is 2.56 bits per heavy atom. The van der Waals surface area contributed by atoms with Gasteiger partial charge >= 0.3 is 12.0 Å². The van der Waals surface area contributed by atoms with E-state index in [-0.39, 0.29) is 0 Å². The Morgan fingerprint density at radius 2 is 2.06 bits per heavy atom. The molecular formula is C12H17N3O3. The van der Waals surface area contributed by atoms with Crippen molar-refractivity contribution in [2.45, 2.75) is 19.4 Å².